The zero-order valence-corrected chi connectivity index (χ0v) is 15.7. The molecule has 0 spiro atoms. The second-order valence-electron chi connectivity index (χ2n) is 6.05. The minimum absolute atomic E-state index is 0.0770. The van der Waals surface area contributed by atoms with Crippen molar-refractivity contribution in [2.24, 2.45) is 0 Å². The van der Waals surface area contributed by atoms with Gasteiger partial charge in [-0.3, -0.25) is 4.79 Å². The summed E-state index contributed by atoms with van der Waals surface area (Å²) in [5.41, 5.74) is 10.4. The van der Waals surface area contributed by atoms with Crippen molar-refractivity contribution < 1.29 is 19.1 Å². The van der Waals surface area contributed by atoms with Crippen molar-refractivity contribution in [2.75, 3.05) is 6.61 Å². The predicted octanol–water partition coefficient (Wildman–Crippen LogP) is 3.57. The molecule has 6 nitrogen and oxygen atoms in total. The van der Waals surface area contributed by atoms with Crippen LogP contribution in [-0.2, 0) is 14.3 Å². The molecule has 1 amide bonds. The van der Waals surface area contributed by atoms with Crippen LogP contribution in [0.4, 0.5) is 0 Å². The normalized spacial score (nSPS) is 12.4. The van der Waals surface area contributed by atoms with Gasteiger partial charge in [0.15, 0.2) is 0 Å². The van der Waals surface area contributed by atoms with Crippen molar-refractivity contribution in [1.29, 1.82) is 0 Å². The fraction of sp³-hybridized carbons (Fsp3) is 0.286. The zero-order chi connectivity index (χ0) is 19.8. The number of rotatable bonds is 7. The number of amides is 1. The second kappa shape index (κ2) is 9.46. The van der Waals surface area contributed by atoms with E-state index in [0.717, 1.165) is 11.1 Å². The lowest BCUT2D eigenvalue weighted by atomic mass is 10.00. The average molecular weight is 365 g/mol. The molecule has 0 saturated heterocycles. The molecule has 140 valence electrons. The summed E-state index contributed by atoms with van der Waals surface area (Å²) in [7, 11) is 0. The van der Waals surface area contributed by atoms with E-state index in [1.807, 2.05) is 74.5 Å². The molecule has 2 atom stereocenters. The quantitative estimate of drug-likeness (QED) is 0.247. The van der Waals surface area contributed by atoms with E-state index in [9.17, 15) is 15.1 Å². The van der Waals surface area contributed by atoms with Crippen molar-refractivity contribution in [2.45, 2.75) is 32.9 Å². The number of ether oxygens (including phenoxy) is 1. The van der Waals surface area contributed by atoms with Crippen LogP contribution in [0.15, 0.2) is 60.7 Å². The van der Waals surface area contributed by atoms with Crippen LogP contribution in [-0.4, -0.2) is 33.9 Å². The number of carbonyl (C=O) groups is 2. The Morgan fingerprint density at radius 1 is 0.963 bits per heavy atom. The standard InChI is InChI=1S/C21H23N3O3/c1-4-27-21(26)19(23-22)20(25)24(15(2)17-11-7-5-8-12-17)16(3)18-13-9-6-10-14-18/h5-16H,4H2,1-3H3/t15-,16-/m0/s1. The van der Waals surface area contributed by atoms with Gasteiger partial charge in [-0.1, -0.05) is 60.7 Å². The van der Waals surface area contributed by atoms with Gasteiger partial charge in [0.25, 0.3) is 0 Å². The van der Waals surface area contributed by atoms with Gasteiger partial charge in [0.05, 0.1) is 18.7 Å². The largest absolute Gasteiger partial charge is 0.463 e. The molecule has 0 radical (unpaired) electrons. The molecule has 0 unspecified atom stereocenters. The van der Waals surface area contributed by atoms with Crippen LogP contribution in [0, 0.1) is 0 Å². The maximum absolute atomic E-state index is 13.2. The number of esters is 1. The third-order valence-corrected chi connectivity index (χ3v) is 4.40. The third kappa shape index (κ3) is 4.68. The van der Waals surface area contributed by atoms with Gasteiger partial charge in [0, 0.05) is 0 Å². The zero-order valence-electron chi connectivity index (χ0n) is 15.7. The van der Waals surface area contributed by atoms with Crippen LogP contribution in [0.2, 0.25) is 0 Å². The van der Waals surface area contributed by atoms with Crippen LogP contribution in [0.25, 0.3) is 5.53 Å². The summed E-state index contributed by atoms with van der Waals surface area (Å²) in [5, 5.41) is 0. The number of hydrogen-bond donors (Lipinski definition) is 0. The summed E-state index contributed by atoms with van der Waals surface area (Å²) in [5.74, 6) is -1.64. The molecule has 0 aliphatic heterocycles. The van der Waals surface area contributed by atoms with E-state index in [-0.39, 0.29) is 18.7 Å². The van der Waals surface area contributed by atoms with Crippen LogP contribution in [0.1, 0.15) is 44.0 Å². The highest BCUT2D eigenvalue weighted by atomic mass is 16.5. The monoisotopic (exact) mass is 365 g/mol. The topological polar surface area (TPSA) is 83.0 Å². The lowest BCUT2D eigenvalue weighted by Crippen LogP contribution is -2.44. The Morgan fingerprint density at radius 2 is 1.41 bits per heavy atom. The molecular formula is C21H23N3O3. The number of hydrogen-bond acceptors (Lipinski definition) is 3. The SMILES string of the molecule is CCOC(=O)C(=[N+]=[N-])C(=O)N([C@@H](C)c1ccccc1)[C@@H](C)c1ccccc1. The Hall–Kier alpha value is -3.24. The molecule has 0 N–H and O–H groups in total. The average Bonchev–Trinajstić information content (AvgIpc) is 2.70. The Bertz CT molecular complexity index is 785. The first-order valence-electron chi connectivity index (χ1n) is 8.83. The molecule has 0 aliphatic rings. The van der Waals surface area contributed by atoms with Gasteiger partial charge in [-0.15, -0.1) is 0 Å². The second-order valence-corrected chi connectivity index (χ2v) is 6.05. The minimum Gasteiger partial charge on any atom is -0.457 e. The van der Waals surface area contributed by atoms with Gasteiger partial charge in [-0.25, -0.2) is 4.79 Å². The number of nitrogens with zero attached hydrogens (tertiary/aromatic N) is 3. The molecule has 2 rings (SSSR count). The van der Waals surface area contributed by atoms with Crippen LogP contribution < -0.4 is 0 Å². The van der Waals surface area contributed by atoms with E-state index in [1.54, 1.807) is 6.92 Å². The van der Waals surface area contributed by atoms with Gasteiger partial charge in [0.2, 0.25) is 0 Å². The molecule has 0 saturated carbocycles. The van der Waals surface area contributed by atoms with E-state index >= 15 is 0 Å². The lowest BCUT2D eigenvalue weighted by Gasteiger charge is -2.33. The van der Waals surface area contributed by atoms with E-state index < -0.39 is 17.6 Å². The van der Waals surface area contributed by atoms with Crippen LogP contribution in [0.3, 0.4) is 0 Å². The summed E-state index contributed by atoms with van der Waals surface area (Å²) in [6, 6.07) is 18.2. The van der Waals surface area contributed by atoms with Crippen molar-refractivity contribution in [1.82, 2.24) is 4.90 Å². The van der Waals surface area contributed by atoms with Crippen molar-refractivity contribution in [3.8, 4) is 0 Å². The van der Waals surface area contributed by atoms with E-state index in [4.69, 9.17) is 4.74 Å². The Labute approximate surface area is 159 Å². The fourth-order valence-corrected chi connectivity index (χ4v) is 2.96. The molecule has 2 aromatic rings. The van der Waals surface area contributed by atoms with Gasteiger partial charge in [0.1, 0.15) is 0 Å². The first-order valence-corrected chi connectivity index (χ1v) is 8.83. The fourth-order valence-electron chi connectivity index (χ4n) is 2.96. The molecule has 0 fully saturated rings. The van der Waals surface area contributed by atoms with Gasteiger partial charge < -0.3 is 15.2 Å². The molecule has 0 aromatic heterocycles. The predicted molar refractivity (Wildman–Crippen MR) is 102 cm³/mol. The van der Waals surface area contributed by atoms with Gasteiger partial charge >= 0.3 is 17.6 Å². The molecule has 6 heteroatoms. The molecule has 0 aliphatic carbocycles. The smallest absolute Gasteiger partial charge is 0.457 e. The van der Waals surface area contributed by atoms with E-state index in [1.165, 1.54) is 4.90 Å². The van der Waals surface area contributed by atoms with E-state index in [0.29, 0.717) is 0 Å². The summed E-state index contributed by atoms with van der Waals surface area (Å²) < 4.78 is 4.86. The highest BCUT2D eigenvalue weighted by molar-refractivity contribution is 6.61. The third-order valence-electron chi connectivity index (χ3n) is 4.40. The first-order chi connectivity index (χ1) is 13.0. The minimum atomic E-state index is -0.949. The van der Waals surface area contributed by atoms with Gasteiger partial charge in [-0.05, 0) is 31.9 Å². The summed E-state index contributed by atoms with van der Waals surface area (Å²) in [6.07, 6.45) is 0. The van der Waals surface area contributed by atoms with Crippen molar-refractivity contribution >= 4 is 17.6 Å². The van der Waals surface area contributed by atoms with E-state index in [2.05, 4.69) is 4.79 Å². The molecule has 2 aromatic carbocycles. The summed E-state index contributed by atoms with van der Waals surface area (Å²) in [6.45, 7) is 5.43. The van der Waals surface area contributed by atoms with Gasteiger partial charge in [-0.2, -0.15) is 4.79 Å². The molecular weight excluding hydrogens is 342 g/mol. The highest BCUT2D eigenvalue weighted by Crippen LogP contribution is 2.30. The summed E-state index contributed by atoms with van der Waals surface area (Å²) >= 11 is 0. The van der Waals surface area contributed by atoms with Crippen LogP contribution in [0.5, 0.6) is 0 Å². The first kappa shape index (κ1) is 20.1. The number of carbonyl (C=O) groups excluding carboxylic acids is 2. The van der Waals surface area contributed by atoms with Crippen molar-refractivity contribution in [3.63, 3.8) is 0 Å². The highest BCUT2D eigenvalue weighted by Gasteiger charge is 2.40. The number of benzene rings is 2. The molecule has 0 bridgehead atoms. The molecule has 27 heavy (non-hydrogen) atoms. The lowest BCUT2D eigenvalue weighted by molar-refractivity contribution is -0.145. The maximum atomic E-state index is 13.2. The Morgan fingerprint density at radius 3 is 1.78 bits per heavy atom. The Kier molecular flexibility index (Phi) is 7.03. The maximum Gasteiger partial charge on any atom is 0.463 e. The Balaban J connectivity index is 2.47. The summed E-state index contributed by atoms with van der Waals surface area (Å²) in [4.78, 5) is 29.7. The molecule has 0 heterocycles. The van der Waals surface area contributed by atoms with Crippen LogP contribution >= 0.6 is 0 Å². The van der Waals surface area contributed by atoms with Crippen molar-refractivity contribution in [3.05, 3.63) is 77.3 Å².